The van der Waals surface area contributed by atoms with Gasteiger partial charge in [-0.3, -0.25) is 0 Å². The van der Waals surface area contributed by atoms with Gasteiger partial charge in [0, 0.05) is 6.54 Å². The van der Waals surface area contributed by atoms with Crippen molar-refractivity contribution >= 4 is 6.01 Å². The molecule has 3 heteroatoms. The Bertz CT molecular complexity index is 271. The van der Waals surface area contributed by atoms with Crippen LogP contribution < -0.4 is 0 Å². The monoisotopic (exact) mass is 178 g/mol. The maximum Gasteiger partial charge on any atom is 0.126 e. The third-order valence-electron chi connectivity index (χ3n) is 1.58. The molecule has 0 fully saturated rings. The summed E-state index contributed by atoms with van der Waals surface area (Å²) in [4.78, 5) is 7.98. The van der Waals surface area contributed by atoms with Crippen molar-refractivity contribution in [2.75, 3.05) is 6.54 Å². The van der Waals surface area contributed by atoms with Crippen molar-refractivity contribution in [2.45, 2.75) is 26.3 Å². The fourth-order valence-electron chi connectivity index (χ4n) is 0.853. The Morgan fingerprint density at radius 1 is 1.46 bits per heavy atom. The maximum atomic E-state index is 5.09. The smallest absolute Gasteiger partial charge is 0.126 e. The lowest BCUT2D eigenvalue weighted by atomic mass is 10.3. The van der Waals surface area contributed by atoms with Crippen molar-refractivity contribution in [1.29, 1.82) is 0 Å². The minimum atomic E-state index is 0.530. The van der Waals surface area contributed by atoms with Crippen molar-refractivity contribution in [1.82, 2.24) is 0 Å². The van der Waals surface area contributed by atoms with Gasteiger partial charge in [-0.25, -0.2) is 9.98 Å². The molecule has 0 bridgehead atoms. The molecule has 0 aliphatic heterocycles. The number of furan rings is 1. The van der Waals surface area contributed by atoms with Crippen molar-refractivity contribution in [3.63, 3.8) is 0 Å². The highest BCUT2D eigenvalue weighted by molar-refractivity contribution is 5.41. The second-order valence-corrected chi connectivity index (χ2v) is 2.73. The molecule has 0 N–H and O–H groups in total. The average molecular weight is 178 g/mol. The van der Waals surface area contributed by atoms with Gasteiger partial charge < -0.3 is 4.42 Å². The van der Waals surface area contributed by atoms with Gasteiger partial charge in [0.25, 0.3) is 0 Å². The van der Waals surface area contributed by atoms with Gasteiger partial charge in [0.2, 0.25) is 0 Å². The highest BCUT2D eigenvalue weighted by Crippen LogP contribution is 2.00. The molecule has 1 heterocycles. The Balaban J connectivity index is 2.21. The summed E-state index contributed by atoms with van der Waals surface area (Å²) in [5.74, 6) is 0.846. The number of nitrogens with zero attached hydrogens (tertiary/aromatic N) is 2. The third kappa shape index (κ3) is 4.28. The van der Waals surface area contributed by atoms with Gasteiger partial charge in [-0.15, -0.1) is 0 Å². The first-order chi connectivity index (χ1) is 6.43. The van der Waals surface area contributed by atoms with Crippen LogP contribution in [0.25, 0.3) is 0 Å². The van der Waals surface area contributed by atoms with Crippen LogP contribution in [0.1, 0.15) is 25.5 Å². The molecule has 0 radical (unpaired) electrons. The molecule has 0 aliphatic rings. The number of hydrogen-bond acceptors (Lipinski definition) is 3. The molecule has 0 amide bonds. The molecule has 0 aliphatic carbocycles. The molecule has 0 unspecified atom stereocenters. The first-order valence-electron chi connectivity index (χ1n) is 4.54. The van der Waals surface area contributed by atoms with Gasteiger partial charge in [-0.1, -0.05) is 13.3 Å². The van der Waals surface area contributed by atoms with Gasteiger partial charge >= 0.3 is 0 Å². The summed E-state index contributed by atoms with van der Waals surface area (Å²) in [5, 5.41) is 0. The van der Waals surface area contributed by atoms with E-state index in [0.717, 1.165) is 25.1 Å². The van der Waals surface area contributed by atoms with Gasteiger partial charge in [-0.05, 0) is 18.6 Å². The maximum absolute atomic E-state index is 5.09. The lowest BCUT2D eigenvalue weighted by molar-refractivity contribution is 0.513. The molecule has 0 spiro atoms. The quantitative estimate of drug-likeness (QED) is 0.504. The largest absolute Gasteiger partial charge is 0.467 e. The average Bonchev–Trinajstić information content (AvgIpc) is 2.63. The van der Waals surface area contributed by atoms with Crippen LogP contribution in [0, 0.1) is 0 Å². The van der Waals surface area contributed by atoms with Gasteiger partial charge in [-0.2, -0.15) is 0 Å². The first kappa shape index (κ1) is 9.75. The Morgan fingerprint density at radius 2 is 2.38 bits per heavy atom. The van der Waals surface area contributed by atoms with E-state index in [1.807, 2.05) is 12.1 Å². The van der Waals surface area contributed by atoms with Crippen LogP contribution >= 0.6 is 0 Å². The molecule has 70 valence electrons. The molecule has 0 aromatic carbocycles. The van der Waals surface area contributed by atoms with Gasteiger partial charge in [0.15, 0.2) is 0 Å². The zero-order valence-corrected chi connectivity index (χ0v) is 7.86. The highest BCUT2D eigenvalue weighted by atomic mass is 16.3. The van der Waals surface area contributed by atoms with Crippen LogP contribution in [0.5, 0.6) is 0 Å². The van der Waals surface area contributed by atoms with Crippen LogP contribution in [0.3, 0.4) is 0 Å². The molecule has 1 aromatic rings. The summed E-state index contributed by atoms with van der Waals surface area (Å²) in [6.45, 7) is 3.48. The van der Waals surface area contributed by atoms with E-state index in [9.17, 15) is 0 Å². The molecule has 0 saturated heterocycles. The van der Waals surface area contributed by atoms with Crippen molar-refractivity contribution in [3.8, 4) is 0 Å². The Kier molecular flexibility index (Phi) is 4.65. The lowest BCUT2D eigenvalue weighted by Gasteiger charge is -1.85. The third-order valence-corrected chi connectivity index (χ3v) is 1.58. The fraction of sp³-hybridized carbons (Fsp3) is 0.500. The molecule has 1 aromatic heterocycles. The molecular formula is C10H14N2O. The normalized spacial score (nSPS) is 9.31. The molecule has 1 rings (SSSR count). The molecule has 3 nitrogen and oxygen atoms in total. The van der Waals surface area contributed by atoms with E-state index >= 15 is 0 Å². The summed E-state index contributed by atoms with van der Waals surface area (Å²) in [7, 11) is 0. The molecule has 0 atom stereocenters. The van der Waals surface area contributed by atoms with Crippen LogP contribution in [0.2, 0.25) is 0 Å². The standard InChI is InChI=1S/C10H14N2O/c1-2-3-6-11-9-12-8-10-5-4-7-13-10/h4-5,7H,2-3,6,8H2,1H3. The zero-order chi connectivity index (χ0) is 9.36. The van der Waals surface area contributed by atoms with E-state index < -0.39 is 0 Å². The molecular weight excluding hydrogens is 164 g/mol. The second kappa shape index (κ2) is 6.21. The van der Waals surface area contributed by atoms with E-state index in [-0.39, 0.29) is 0 Å². The van der Waals surface area contributed by atoms with E-state index in [1.54, 1.807) is 6.26 Å². The predicted octanol–water partition coefficient (Wildman–Crippen LogP) is 2.75. The van der Waals surface area contributed by atoms with Crippen molar-refractivity contribution < 1.29 is 4.42 Å². The number of rotatable bonds is 5. The van der Waals surface area contributed by atoms with Crippen LogP contribution in [-0.2, 0) is 6.54 Å². The Labute approximate surface area is 78.2 Å². The highest BCUT2D eigenvalue weighted by Gasteiger charge is 1.89. The van der Waals surface area contributed by atoms with Crippen LogP contribution in [0.4, 0.5) is 0 Å². The van der Waals surface area contributed by atoms with E-state index in [2.05, 4.69) is 22.9 Å². The minimum Gasteiger partial charge on any atom is -0.467 e. The van der Waals surface area contributed by atoms with E-state index in [0.29, 0.717) is 6.54 Å². The SMILES string of the molecule is CCCCN=C=NCc1ccco1. The predicted molar refractivity (Wildman–Crippen MR) is 52.1 cm³/mol. The van der Waals surface area contributed by atoms with E-state index in [4.69, 9.17) is 4.42 Å². The molecule has 0 saturated carbocycles. The van der Waals surface area contributed by atoms with Crippen molar-refractivity contribution in [3.05, 3.63) is 24.2 Å². The molecule has 13 heavy (non-hydrogen) atoms. The number of hydrogen-bond donors (Lipinski definition) is 0. The summed E-state index contributed by atoms with van der Waals surface area (Å²) >= 11 is 0. The summed E-state index contributed by atoms with van der Waals surface area (Å²) in [6, 6.07) is 6.38. The van der Waals surface area contributed by atoms with E-state index in [1.165, 1.54) is 0 Å². The summed E-state index contributed by atoms with van der Waals surface area (Å²) in [5.41, 5.74) is 0. The topological polar surface area (TPSA) is 37.9 Å². The Hall–Kier alpha value is -1.34. The fourth-order valence-corrected chi connectivity index (χ4v) is 0.853. The number of aliphatic imine (C=N–C) groups is 2. The second-order valence-electron chi connectivity index (χ2n) is 2.73. The van der Waals surface area contributed by atoms with Gasteiger partial charge in [0.05, 0.1) is 12.3 Å². The van der Waals surface area contributed by atoms with Crippen molar-refractivity contribution in [2.24, 2.45) is 9.98 Å². The number of unbranched alkanes of at least 4 members (excludes halogenated alkanes) is 1. The first-order valence-corrected chi connectivity index (χ1v) is 4.54. The van der Waals surface area contributed by atoms with Gasteiger partial charge in [0.1, 0.15) is 12.3 Å². The minimum absolute atomic E-state index is 0.530. The van der Waals surface area contributed by atoms with Crippen LogP contribution in [-0.4, -0.2) is 12.6 Å². The Morgan fingerprint density at radius 3 is 3.08 bits per heavy atom. The summed E-state index contributed by atoms with van der Waals surface area (Å²) < 4.78 is 5.09. The zero-order valence-electron chi connectivity index (χ0n) is 7.86. The summed E-state index contributed by atoms with van der Waals surface area (Å²) in [6.07, 6.45) is 3.89. The van der Waals surface area contributed by atoms with Crippen LogP contribution in [0.15, 0.2) is 32.8 Å². The lowest BCUT2D eigenvalue weighted by Crippen LogP contribution is -1.77.